The first-order chi connectivity index (χ1) is 5.81. The molecule has 1 amide bonds. The first-order valence-electron chi connectivity index (χ1n) is 4.39. The molecule has 1 saturated carbocycles. The second-order valence-corrected chi connectivity index (χ2v) is 3.35. The van der Waals surface area contributed by atoms with Crippen LogP contribution in [-0.2, 0) is 4.79 Å². The van der Waals surface area contributed by atoms with Crippen molar-refractivity contribution in [3.8, 4) is 0 Å². The summed E-state index contributed by atoms with van der Waals surface area (Å²) in [6, 6.07) is 0. The molecule has 0 spiro atoms. The normalized spacial score (nSPS) is 23.2. The molecule has 1 aliphatic carbocycles. The van der Waals surface area contributed by atoms with Gasteiger partial charge in [-0.2, -0.15) is 5.10 Å². The van der Waals surface area contributed by atoms with Gasteiger partial charge in [0.15, 0.2) is 0 Å². The van der Waals surface area contributed by atoms with Crippen molar-refractivity contribution < 1.29 is 4.79 Å². The minimum Gasteiger partial charge on any atom is -0.329 e. The maximum atomic E-state index is 11.3. The SMILES string of the molecule is NCCN1N=C(C2CC2)CC1=O. The zero-order valence-electron chi connectivity index (χ0n) is 6.99. The Kier molecular flexibility index (Phi) is 1.84. The smallest absolute Gasteiger partial charge is 0.248 e. The van der Waals surface area contributed by atoms with Crippen LogP contribution < -0.4 is 5.73 Å². The van der Waals surface area contributed by atoms with Gasteiger partial charge in [0.1, 0.15) is 0 Å². The van der Waals surface area contributed by atoms with Crippen LogP contribution in [0.1, 0.15) is 19.3 Å². The van der Waals surface area contributed by atoms with Crippen molar-refractivity contribution in [2.75, 3.05) is 13.1 Å². The molecule has 0 radical (unpaired) electrons. The van der Waals surface area contributed by atoms with E-state index in [4.69, 9.17) is 5.73 Å². The van der Waals surface area contributed by atoms with Gasteiger partial charge in [-0.15, -0.1) is 0 Å². The summed E-state index contributed by atoms with van der Waals surface area (Å²) >= 11 is 0. The lowest BCUT2D eigenvalue weighted by atomic mass is 10.2. The van der Waals surface area contributed by atoms with Crippen molar-refractivity contribution in [2.24, 2.45) is 16.8 Å². The summed E-state index contributed by atoms with van der Waals surface area (Å²) in [4.78, 5) is 11.3. The Hall–Kier alpha value is -0.900. The van der Waals surface area contributed by atoms with Gasteiger partial charge in [-0.1, -0.05) is 0 Å². The number of hydrogen-bond acceptors (Lipinski definition) is 3. The fourth-order valence-electron chi connectivity index (χ4n) is 1.43. The maximum Gasteiger partial charge on any atom is 0.248 e. The van der Waals surface area contributed by atoms with Crippen molar-refractivity contribution in [1.29, 1.82) is 0 Å². The van der Waals surface area contributed by atoms with Crippen LogP contribution in [0.2, 0.25) is 0 Å². The lowest BCUT2D eigenvalue weighted by Crippen LogP contribution is -2.26. The minimum atomic E-state index is 0.113. The van der Waals surface area contributed by atoms with Crippen LogP contribution in [0.5, 0.6) is 0 Å². The van der Waals surface area contributed by atoms with Crippen LogP contribution in [0.15, 0.2) is 5.10 Å². The Balaban J connectivity index is 2.00. The molecular weight excluding hydrogens is 154 g/mol. The molecule has 1 heterocycles. The molecule has 0 saturated heterocycles. The molecular formula is C8H13N3O. The van der Waals surface area contributed by atoms with Crippen molar-refractivity contribution in [3.63, 3.8) is 0 Å². The van der Waals surface area contributed by atoms with Crippen LogP contribution >= 0.6 is 0 Å². The molecule has 2 N–H and O–H groups in total. The van der Waals surface area contributed by atoms with E-state index < -0.39 is 0 Å². The molecule has 4 nitrogen and oxygen atoms in total. The monoisotopic (exact) mass is 167 g/mol. The molecule has 1 aliphatic heterocycles. The zero-order chi connectivity index (χ0) is 8.55. The van der Waals surface area contributed by atoms with E-state index >= 15 is 0 Å². The number of nitrogens with zero attached hydrogens (tertiary/aromatic N) is 2. The number of hydrogen-bond donors (Lipinski definition) is 1. The van der Waals surface area contributed by atoms with Crippen LogP contribution in [0.4, 0.5) is 0 Å². The second kappa shape index (κ2) is 2.86. The number of hydrazone groups is 1. The average molecular weight is 167 g/mol. The van der Waals surface area contributed by atoms with Crippen molar-refractivity contribution in [3.05, 3.63) is 0 Å². The Morgan fingerprint density at radius 3 is 2.92 bits per heavy atom. The molecule has 0 atom stereocenters. The third-order valence-electron chi connectivity index (χ3n) is 2.26. The quantitative estimate of drug-likeness (QED) is 0.640. The molecule has 0 bridgehead atoms. The molecule has 2 rings (SSSR count). The van der Waals surface area contributed by atoms with Crippen molar-refractivity contribution in [2.45, 2.75) is 19.3 Å². The predicted octanol–water partition coefficient (Wildman–Crippen LogP) is -0.0566. The highest BCUT2D eigenvalue weighted by Crippen LogP contribution is 2.34. The summed E-state index contributed by atoms with van der Waals surface area (Å²) in [5, 5.41) is 5.75. The third-order valence-corrected chi connectivity index (χ3v) is 2.26. The molecule has 0 aromatic heterocycles. The standard InChI is InChI=1S/C8H13N3O/c9-3-4-11-8(12)5-7(10-11)6-1-2-6/h6H,1-5,9H2. The van der Waals surface area contributed by atoms with E-state index in [1.807, 2.05) is 0 Å². The summed E-state index contributed by atoms with van der Waals surface area (Å²) in [6.45, 7) is 1.06. The average Bonchev–Trinajstić information content (AvgIpc) is 2.80. The van der Waals surface area contributed by atoms with Gasteiger partial charge >= 0.3 is 0 Å². The molecule has 12 heavy (non-hydrogen) atoms. The third kappa shape index (κ3) is 1.34. The largest absolute Gasteiger partial charge is 0.329 e. The Morgan fingerprint density at radius 1 is 1.58 bits per heavy atom. The first-order valence-corrected chi connectivity index (χ1v) is 4.39. The maximum absolute atomic E-state index is 11.3. The number of rotatable bonds is 3. The lowest BCUT2D eigenvalue weighted by Gasteiger charge is -2.08. The molecule has 0 aromatic carbocycles. The highest BCUT2D eigenvalue weighted by atomic mass is 16.2. The molecule has 1 fully saturated rings. The fourth-order valence-corrected chi connectivity index (χ4v) is 1.43. The van der Waals surface area contributed by atoms with Gasteiger partial charge in [-0.05, 0) is 18.8 Å². The number of nitrogens with two attached hydrogens (primary N) is 1. The number of carbonyl (C=O) groups excluding carboxylic acids is 1. The summed E-state index contributed by atoms with van der Waals surface area (Å²) in [6.07, 6.45) is 2.95. The summed E-state index contributed by atoms with van der Waals surface area (Å²) < 4.78 is 0. The molecule has 66 valence electrons. The predicted molar refractivity (Wildman–Crippen MR) is 45.5 cm³/mol. The Morgan fingerprint density at radius 2 is 2.33 bits per heavy atom. The van der Waals surface area contributed by atoms with Gasteiger partial charge in [0.05, 0.1) is 18.7 Å². The fraction of sp³-hybridized carbons (Fsp3) is 0.750. The molecule has 0 unspecified atom stereocenters. The van der Waals surface area contributed by atoms with E-state index in [0.29, 0.717) is 25.4 Å². The zero-order valence-corrected chi connectivity index (χ0v) is 6.99. The highest BCUT2D eigenvalue weighted by Gasteiger charge is 2.34. The molecule has 2 aliphatic rings. The van der Waals surface area contributed by atoms with E-state index in [2.05, 4.69) is 5.10 Å². The van der Waals surface area contributed by atoms with E-state index in [9.17, 15) is 4.79 Å². The van der Waals surface area contributed by atoms with Gasteiger partial charge < -0.3 is 5.73 Å². The van der Waals surface area contributed by atoms with Crippen molar-refractivity contribution in [1.82, 2.24) is 5.01 Å². The Labute approximate surface area is 71.4 Å². The lowest BCUT2D eigenvalue weighted by molar-refractivity contribution is -0.128. The van der Waals surface area contributed by atoms with Gasteiger partial charge in [0.25, 0.3) is 0 Å². The second-order valence-electron chi connectivity index (χ2n) is 3.35. The number of amides is 1. The first kappa shape index (κ1) is 7.73. The van der Waals surface area contributed by atoms with E-state index in [-0.39, 0.29) is 5.91 Å². The van der Waals surface area contributed by atoms with Crippen LogP contribution in [0.25, 0.3) is 0 Å². The van der Waals surface area contributed by atoms with Crippen LogP contribution in [-0.4, -0.2) is 29.7 Å². The summed E-state index contributed by atoms with van der Waals surface area (Å²) in [5.41, 5.74) is 6.42. The number of carbonyl (C=O) groups is 1. The van der Waals surface area contributed by atoms with Gasteiger partial charge in [-0.25, -0.2) is 5.01 Å². The van der Waals surface area contributed by atoms with E-state index in [1.165, 1.54) is 17.9 Å². The van der Waals surface area contributed by atoms with Gasteiger partial charge in [0, 0.05) is 6.54 Å². The van der Waals surface area contributed by atoms with Gasteiger partial charge in [0.2, 0.25) is 5.91 Å². The summed E-state index contributed by atoms with van der Waals surface area (Å²) in [7, 11) is 0. The summed E-state index contributed by atoms with van der Waals surface area (Å²) in [5.74, 6) is 0.721. The van der Waals surface area contributed by atoms with Gasteiger partial charge in [-0.3, -0.25) is 4.79 Å². The van der Waals surface area contributed by atoms with E-state index in [0.717, 1.165) is 5.71 Å². The van der Waals surface area contributed by atoms with Crippen LogP contribution in [0.3, 0.4) is 0 Å². The van der Waals surface area contributed by atoms with Crippen LogP contribution in [0, 0.1) is 5.92 Å². The Bertz CT molecular complexity index is 232. The van der Waals surface area contributed by atoms with E-state index in [1.54, 1.807) is 0 Å². The van der Waals surface area contributed by atoms with Crippen molar-refractivity contribution >= 4 is 11.6 Å². The topological polar surface area (TPSA) is 58.7 Å². The minimum absolute atomic E-state index is 0.113. The molecule has 4 heteroatoms. The highest BCUT2D eigenvalue weighted by molar-refractivity contribution is 6.06. The molecule has 0 aromatic rings.